The first-order valence-corrected chi connectivity index (χ1v) is 6.57. The highest BCUT2D eigenvalue weighted by Crippen LogP contribution is 2.19. The normalized spacial score (nSPS) is 12.2. The molecule has 0 heterocycles. The molecule has 0 saturated heterocycles. The first-order valence-electron chi connectivity index (χ1n) is 6.57. The van der Waals surface area contributed by atoms with Crippen molar-refractivity contribution in [3.8, 4) is 11.5 Å². The van der Waals surface area contributed by atoms with E-state index >= 15 is 0 Å². The Labute approximate surface area is 105 Å². The van der Waals surface area contributed by atoms with Crippen LogP contribution in [0.15, 0.2) is 24.3 Å². The van der Waals surface area contributed by atoms with Gasteiger partial charge in [0.05, 0.1) is 13.7 Å². The van der Waals surface area contributed by atoms with Crippen molar-refractivity contribution >= 4 is 0 Å². The number of unbranched alkanes of at least 4 members (excludes halogenated alkanes) is 1. The molecule has 0 amide bonds. The summed E-state index contributed by atoms with van der Waals surface area (Å²) < 4.78 is 10.9. The summed E-state index contributed by atoms with van der Waals surface area (Å²) in [7, 11) is 1.67. The van der Waals surface area contributed by atoms with E-state index in [-0.39, 0.29) is 0 Å². The third-order valence-corrected chi connectivity index (χ3v) is 3.09. The number of methoxy groups -OCH3 is 1. The van der Waals surface area contributed by atoms with Crippen LogP contribution in [0.1, 0.15) is 39.5 Å². The molecule has 0 saturated carbocycles. The zero-order valence-electron chi connectivity index (χ0n) is 11.2. The maximum absolute atomic E-state index is 5.80. The van der Waals surface area contributed by atoms with Crippen molar-refractivity contribution in [3.63, 3.8) is 0 Å². The van der Waals surface area contributed by atoms with Crippen LogP contribution in [0.25, 0.3) is 0 Å². The van der Waals surface area contributed by atoms with Crippen LogP contribution in [-0.2, 0) is 0 Å². The van der Waals surface area contributed by atoms with Gasteiger partial charge in [-0.1, -0.05) is 33.1 Å². The fourth-order valence-corrected chi connectivity index (χ4v) is 1.78. The lowest BCUT2D eigenvalue weighted by molar-refractivity contribution is 0.233. The molecule has 1 rings (SSSR count). The van der Waals surface area contributed by atoms with Crippen molar-refractivity contribution in [1.82, 2.24) is 0 Å². The zero-order chi connectivity index (χ0) is 12.5. The Bertz CT molecular complexity index is 292. The van der Waals surface area contributed by atoms with Crippen molar-refractivity contribution in [3.05, 3.63) is 24.3 Å². The maximum Gasteiger partial charge on any atom is 0.119 e. The molecule has 0 spiro atoms. The summed E-state index contributed by atoms with van der Waals surface area (Å²) in [5.74, 6) is 2.48. The number of hydrogen-bond donors (Lipinski definition) is 0. The predicted octanol–water partition coefficient (Wildman–Crippen LogP) is 4.29. The van der Waals surface area contributed by atoms with Gasteiger partial charge in [0, 0.05) is 0 Å². The fourth-order valence-electron chi connectivity index (χ4n) is 1.78. The fraction of sp³-hybridized carbons (Fsp3) is 0.600. The van der Waals surface area contributed by atoms with E-state index in [9.17, 15) is 0 Å². The van der Waals surface area contributed by atoms with Crippen LogP contribution < -0.4 is 9.47 Å². The highest BCUT2D eigenvalue weighted by molar-refractivity contribution is 5.31. The monoisotopic (exact) mass is 236 g/mol. The third-order valence-electron chi connectivity index (χ3n) is 3.09. The van der Waals surface area contributed by atoms with E-state index in [1.54, 1.807) is 7.11 Å². The van der Waals surface area contributed by atoms with Gasteiger partial charge in [-0.25, -0.2) is 0 Å². The maximum atomic E-state index is 5.80. The molecule has 0 radical (unpaired) electrons. The Kier molecular flexibility index (Phi) is 6.53. The topological polar surface area (TPSA) is 18.5 Å². The number of benzene rings is 1. The van der Waals surface area contributed by atoms with E-state index in [1.807, 2.05) is 24.3 Å². The van der Waals surface area contributed by atoms with Crippen LogP contribution in [0.4, 0.5) is 0 Å². The van der Waals surface area contributed by atoms with Crippen LogP contribution in [0.3, 0.4) is 0 Å². The standard InChI is InChI=1S/C15H24O2/c1-4-6-7-13(5-2)12-17-15-10-8-14(16-3)9-11-15/h8-11,13H,4-7,12H2,1-3H3/t13-/m1/s1. The van der Waals surface area contributed by atoms with Gasteiger partial charge in [0.1, 0.15) is 11.5 Å². The second kappa shape index (κ2) is 7.99. The Morgan fingerprint density at radius 3 is 2.24 bits per heavy atom. The minimum absolute atomic E-state index is 0.678. The minimum atomic E-state index is 0.678. The molecule has 0 aliphatic heterocycles. The van der Waals surface area contributed by atoms with E-state index in [0.29, 0.717) is 5.92 Å². The number of hydrogen-bond acceptors (Lipinski definition) is 2. The molecule has 0 aliphatic carbocycles. The SMILES string of the molecule is CCCC[C@@H](CC)COc1ccc(OC)cc1. The van der Waals surface area contributed by atoms with Gasteiger partial charge in [-0.05, 0) is 36.6 Å². The third kappa shape index (κ3) is 5.12. The first kappa shape index (κ1) is 13.9. The largest absolute Gasteiger partial charge is 0.497 e. The highest BCUT2D eigenvalue weighted by atomic mass is 16.5. The Morgan fingerprint density at radius 1 is 1.06 bits per heavy atom. The van der Waals surface area contributed by atoms with Crippen LogP contribution >= 0.6 is 0 Å². The molecule has 0 N–H and O–H groups in total. The summed E-state index contributed by atoms with van der Waals surface area (Å²) in [4.78, 5) is 0. The molecule has 0 unspecified atom stereocenters. The van der Waals surface area contributed by atoms with Crippen molar-refractivity contribution in [2.24, 2.45) is 5.92 Å². The average Bonchev–Trinajstić information content (AvgIpc) is 2.39. The molecule has 0 fully saturated rings. The smallest absolute Gasteiger partial charge is 0.119 e. The van der Waals surface area contributed by atoms with Gasteiger partial charge in [0.2, 0.25) is 0 Å². The summed E-state index contributed by atoms with van der Waals surface area (Å²) >= 11 is 0. The van der Waals surface area contributed by atoms with Crippen molar-refractivity contribution in [2.45, 2.75) is 39.5 Å². The van der Waals surface area contributed by atoms with E-state index in [2.05, 4.69) is 13.8 Å². The lowest BCUT2D eigenvalue weighted by atomic mass is 10.0. The molecule has 1 aromatic rings. The van der Waals surface area contributed by atoms with Gasteiger partial charge in [0.25, 0.3) is 0 Å². The molecule has 1 atom stereocenters. The second-order valence-electron chi connectivity index (χ2n) is 4.40. The molecule has 2 heteroatoms. The molecule has 1 aromatic carbocycles. The summed E-state index contributed by atoms with van der Waals surface area (Å²) in [6.45, 7) is 5.29. The van der Waals surface area contributed by atoms with Gasteiger partial charge in [-0.3, -0.25) is 0 Å². The predicted molar refractivity (Wildman–Crippen MR) is 71.8 cm³/mol. The van der Waals surface area contributed by atoms with E-state index in [4.69, 9.17) is 9.47 Å². The summed E-state index contributed by atoms with van der Waals surface area (Å²) in [6.07, 6.45) is 5.02. The molecule has 0 bridgehead atoms. The lowest BCUT2D eigenvalue weighted by Crippen LogP contribution is -2.11. The quantitative estimate of drug-likeness (QED) is 0.670. The van der Waals surface area contributed by atoms with Crippen molar-refractivity contribution in [1.29, 1.82) is 0 Å². The van der Waals surface area contributed by atoms with Gasteiger partial charge in [0.15, 0.2) is 0 Å². The van der Waals surface area contributed by atoms with Crippen molar-refractivity contribution in [2.75, 3.05) is 13.7 Å². The van der Waals surface area contributed by atoms with E-state index < -0.39 is 0 Å². The molecule has 96 valence electrons. The zero-order valence-corrected chi connectivity index (χ0v) is 11.2. The summed E-state index contributed by atoms with van der Waals surface area (Å²) in [5, 5.41) is 0. The molecule has 0 aromatic heterocycles. The Hall–Kier alpha value is -1.18. The highest BCUT2D eigenvalue weighted by Gasteiger charge is 2.06. The van der Waals surface area contributed by atoms with Crippen LogP contribution in [-0.4, -0.2) is 13.7 Å². The van der Waals surface area contributed by atoms with Gasteiger partial charge in [-0.15, -0.1) is 0 Å². The van der Waals surface area contributed by atoms with E-state index in [0.717, 1.165) is 18.1 Å². The minimum Gasteiger partial charge on any atom is -0.497 e. The lowest BCUT2D eigenvalue weighted by Gasteiger charge is -2.15. The van der Waals surface area contributed by atoms with E-state index in [1.165, 1.54) is 25.7 Å². The second-order valence-corrected chi connectivity index (χ2v) is 4.40. The number of ether oxygens (including phenoxy) is 2. The molecule has 0 aliphatic rings. The van der Waals surface area contributed by atoms with Gasteiger partial charge < -0.3 is 9.47 Å². The van der Waals surface area contributed by atoms with Crippen molar-refractivity contribution < 1.29 is 9.47 Å². The summed E-state index contributed by atoms with van der Waals surface area (Å²) in [6, 6.07) is 7.79. The molecular formula is C15H24O2. The molecule has 17 heavy (non-hydrogen) atoms. The Morgan fingerprint density at radius 2 is 1.71 bits per heavy atom. The molecule has 2 nitrogen and oxygen atoms in total. The van der Waals surface area contributed by atoms with Crippen LogP contribution in [0, 0.1) is 5.92 Å². The van der Waals surface area contributed by atoms with Gasteiger partial charge >= 0.3 is 0 Å². The molecular weight excluding hydrogens is 212 g/mol. The first-order chi connectivity index (χ1) is 8.30. The van der Waals surface area contributed by atoms with Crippen LogP contribution in [0.2, 0.25) is 0 Å². The number of rotatable bonds is 8. The summed E-state index contributed by atoms with van der Waals surface area (Å²) in [5.41, 5.74) is 0. The van der Waals surface area contributed by atoms with Crippen LogP contribution in [0.5, 0.6) is 11.5 Å². The van der Waals surface area contributed by atoms with Gasteiger partial charge in [-0.2, -0.15) is 0 Å². The average molecular weight is 236 g/mol. The Balaban J connectivity index is 2.36.